The Morgan fingerprint density at radius 3 is 2.35 bits per heavy atom. The van der Waals surface area contributed by atoms with Gasteiger partial charge in [0.25, 0.3) is 5.91 Å². The summed E-state index contributed by atoms with van der Waals surface area (Å²) >= 11 is 1.50. The third kappa shape index (κ3) is 6.47. The summed E-state index contributed by atoms with van der Waals surface area (Å²) in [5.41, 5.74) is 0.647. The highest BCUT2D eigenvalue weighted by Crippen LogP contribution is 2.33. The highest BCUT2D eigenvalue weighted by molar-refractivity contribution is 7.99. The minimum absolute atomic E-state index is 0.0190. The molecule has 0 aliphatic heterocycles. The van der Waals surface area contributed by atoms with Crippen molar-refractivity contribution in [3.63, 3.8) is 0 Å². The van der Waals surface area contributed by atoms with Gasteiger partial charge in [0.1, 0.15) is 0 Å². The van der Waals surface area contributed by atoms with Gasteiger partial charge in [-0.05, 0) is 56.3 Å². The van der Waals surface area contributed by atoms with E-state index < -0.39 is 28.5 Å². The molecule has 1 amide bonds. The van der Waals surface area contributed by atoms with E-state index in [0.29, 0.717) is 5.69 Å². The first-order valence-corrected chi connectivity index (χ1v) is 12.8. The molecule has 0 fully saturated rings. The first kappa shape index (κ1) is 25.5. The van der Waals surface area contributed by atoms with Gasteiger partial charge in [-0.2, -0.15) is 4.31 Å². The number of hydrogen-bond donors (Lipinski definition) is 1. The molecule has 0 atom stereocenters. The fourth-order valence-electron chi connectivity index (χ4n) is 2.90. The lowest BCUT2D eigenvalue weighted by Crippen LogP contribution is -2.33. The minimum atomic E-state index is -3.75. The average Bonchev–Trinajstić information content (AvgIpc) is 2.84. The molecule has 7 nitrogen and oxygen atoms in total. The molecule has 0 aromatic heterocycles. The number of nitrogens with zero attached hydrogens (tertiary/aromatic N) is 1. The topological polar surface area (TPSA) is 92.8 Å². The van der Waals surface area contributed by atoms with Crippen LogP contribution >= 0.6 is 11.8 Å². The Balaban J connectivity index is 1.64. The van der Waals surface area contributed by atoms with Crippen LogP contribution in [0, 0.1) is 0 Å². The highest BCUT2D eigenvalue weighted by atomic mass is 32.2. The predicted octanol–water partition coefficient (Wildman–Crippen LogP) is 4.66. The zero-order valence-corrected chi connectivity index (χ0v) is 20.7. The number of sulfonamides is 1. The van der Waals surface area contributed by atoms with Crippen LogP contribution in [0.15, 0.2) is 93.5 Å². The summed E-state index contributed by atoms with van der Waals surface area (Å²) in [5.74, 6) is -1.29. The van der Waals surface area contributed by atoms with Crippen molar-refractivity contribution >= 4 is 39.3 Å². The van der Waals surface area contributed by atoms with Crippen molar-refractivity contribution in [3.8, 4) is 0 Å². The van der Waals surface area contributed by atoms with E-state index in [1.54, 1.807) is 26.0 Å². The van der Waals surface area contributed by atoms with Gasteiger partial charge in [-0.15, -0.1) is 0 Å². The number of amides is 1. The largest absolute Gasteiger partial charge is 0.452 e. The molecule has 3 aromatic carbocycles. The number of carbonyl (C=O) groups is 2. The van der Waals surface area contributed by atoms with Gasteiger partial charge in [0, 0.05) is 22.9 Å². The molecule has 0 aliphatic rings. The van der Waals surface area contributed by atoms with E-state index in [0.717, 1.165) is 9.79 Å². The second-order valence-electron chi connectivity index (χ2n) is 7.68. The lowest BCUT2D eigenvalue weighted by Gasteiger charge is -2.21. The van der Waals surface area contributed by atoms with Crippen LogP contribution in [0.1, 0.15) is 24.2 Å². The second kappa shape index (κ2) is 11.3. The summed E-state index contributed by atoms with van der Waals surface area (Å²) in [6.07, 6.45) is 0. The zero-order chi connectivity index (χ0) is 24.7. The van der Waals surface area contributed by atoms with Crippen molar-refractivity contribution in [1.29, 1.82) is 0 Å². The Bertz CT molecular complexity index is 1260. The third-order valence-corrected chi connectivity index (χ3v) is 8.05. The average molecular weight is 499 g/mol. The molecule has 3 rings (SSSR count). The van der Waals surface area contributed by atoms with E-state index >= 15 is 0 Å². The fourth-order valence-corrected chi connectivity index (χ4v) is 5.24. The van der Waals surface area contributed by atoms with Crippen LogP contribution in [0.2, 0.25) is 0 Å². The predicted molar refractivity (Wildman–Crippen MR) is 132 cm³/mol. The first-order chi connectivity index (χ1) is 16.2. The van der Waals surface area contributed by atoms with Gasteiger partial charge in [0.15, 0.2) is 6.61 Å². The van der Waals surface area contributed by atoms with Crippen molar-refractivity contribution in [2.24, 2.45) is 0 Å². The Kier molecular flexibility index (Phi) is 8.49. The number of anilines is 1. The van der Waals surface area contributed by atoms with Crippen LogP contribution < -0.4 is 5.32 Å². The quantitative estimate of drug-likeness (QED) is 0.431. The maximum absolute atomic E-state index is 12.7. The first-order valence-electron chi connectivity index (χ1n) is 10.6. The van der Waals surface area contributed by atoms with E-state index in [9.17, 15) is 18.0 Å². The summed E-state index contributed by atoms with van der Waals surface area (Å²) < 4.78 is 31.7. The molecular weight excluding hydrogens is 472 g/mol. The number of carbonyl (C=O) groups excluding carboxylic acids is 2. The molecule has 178 valence electrons. The molecule has 0 unspecified atom stereocenters. The molecule has 0 aliphatic carbocycles. The maximum atomic E-state index is 12.7. The summed E-state index contributed by atoms with van der Waals surface area (Å²) in [4.78, 5) is 26.8. The van der Waals surface area contributed by atoms with Crippen molar-refractivity contribution < 1.29 is 22.7 Å². The van der Waals surface area contributed by atoms with Gasteiger partial charge in [0.2, 0.25) is 10.0 Å². The van der Waals surface area contributed by atoms with E-state index in [2.05, 4.69) is 5.32 Å². The summed E-state index contributed by atoms with van der Waals surface area (Å²) in [6, 6.07) is 22.4. The number of rotatable bonds is 9. The molecular formula is C25H26N2O5S2. The molecule has 0 heterocycles. The van der Waals surface area contributed by atoms with Crippen LogP contribution in [-0.4, -0.2) is 44.3 Å². The van der Waals surface area contributed by atoms with Gasteiger partial charge >= 0.3 is 5.97 Å². The fraction of sp³-hybridized carbons (Fsp3) is 0.200. The SMILES string of the molecule is CC(C)N(C)S(=O)(=O)c1cccc(C(=O)OCC(=O)Nc2ccccc2Sc2ccccc2)c1. The molecule has 0 bridgehead atoms. The van der Waals surface area contributed by atoms with Crippen LogP contribution in [0.3, 0.4) is 0 Å². The van der Waals surface area contributed by atoms with Gasteiger partial charge in [-0.25, -0.2) is 13.2 Å². The number of para-hydroxylation sites is 1. The van der Waals surface area contributed by atoms with E-state index in [1.807, 2.05) is 42.5 Å². The molecule has 0 spiro atoms. The van der Waals surface area contributed by atoms with Crippen molar-refractivity contribution in [2.75, 3.05) is 19.0 Å². The monoisotopic (exact) mass is 498 g/mol. The molecule has 0 radical (unpaired) electrons. The second-order valence-corrected chi connectivity index (χ2v) is 10.8. The van der Waals surface area contributed by atoms with Crippen LogP contribution in [0.4, 0.5) is 5.69 Å². The minimum Gasteiger partial charge on any atom is -0.452 e. The van der Waals surface area contributed by atoms with E-state index in [-0.39, 0.29) is 16.5 Å². The summed E-state index contributed by atoms with van der Waals surface area (Å²) in [7, 11) is -2.28. The number of esters is 1. The Labute approximate surface area is 204 Å². The van der Waals surface area contributed by atoms with Gasteiger partial charge in [-0.3, -0.25) is 4.79 Å². The Hall–Kier alpha value is -3.14. The van der Waals surface area contributed by atoms with E-state index in [1.165, 1.54) is 47.4 Å². The van der Waals surface area contributed by atoms with Gasteiger partial charge in [0.05, 0.1) is 16.1 Å². The number of ether oxygens (including phenoxy) is 1. The normalized spacial score (nSPS) is 11.4. The molecule has 3 aromatic rings. The number of hydrogen-bond acceptors (Lipinski definition) is 6. The smallest absolute Gasteiger partial charge is 0.338 e. The van der Waals surface area contributed by atoms with Crippen molar-refractivity contribution in [2.45, 2.75) is 34.6 Å². The third-order valence-electron chi connectivity index (χ3n) is 4.94. The standard InChI is InChI=1S/C25H26N2O5S2/c1-18(2)27(3)34(30,31)21-13-9-10-19(16-21)25(29)32-17-24(28)26-22-14-7-8-15-23(22)33-20-11-5-4-6-12-20/h4-16,18H,17H2,1-3H3,(H,26,28). The highest BCUT2D eigenvalue weighted by Gasteiger charge is 2.24. The lowest BCUT2D eigenvalue weighted by atomic mass is 10.2. The van der Waals surface area contributed by atoms with E-state index in [4.69, 9.17) is 4.74 Å². The Morgan fingerprint density at radius 1 is 0.971 bits per heavy atom. The lowest BCUT2D eigenvalue weighted by molar-refractivity contribution is -0.119. The summed E-state index contributed by atoms with van der Waals surface area (Å²) in [6.45, 7) is 3.00. The number of nitrogens with one attached hydrogen (secondary N) is 1. The van der Waals surface area contributed by atoms with Crippen molar-refractivity contribution in [3.05, 3.63) is 84.4 Å². The van der Waals surface area contributed by atoms with Crippen LogP contribution in [0.25, 0.3) is 0 Å². The van der Waals surface area contributed by atoms with Crippen LogP contribution in [0.5, 0.6) is 0 Å². The molecule has 0 saturated heterocycles. The van der Waals surface area contributed by atoms with Crippen LogP contribution in [-0.2, 0) is 19.6 Å². The molecule has 34 heavy (non-hydrogen) atoms. The molecule has 1 N–H and O–H groups in total. The number of benzene rings is 3. The molecule has 0 saturated carbocycles. The van der Waals surface area contributed by atoms with Gasteiger partial charge in [-0.1, -0.05) is 48.2 Å². The summed E-state index contributed by atoms with van der Waals surface area (Å²) in [5, 5.41) is 2.76. The Morgan fingerprint density at radius 2 is 1.65 bits per heavy atom. The molecule has 9 heteroatoms. The van der Waals surface area contributed by atoms with Gasteiger partial charge < -0.3 is 10.1 Å². The zero-order valence-electron chi connectivity index (χ0n) is 19.1. The maximum Gasteiger partial charge on any atom is 0.338 e. The van der Waals surface area contributed by atoms with Crippen molar-refractivity contribution in [1.82, 2.24) is 4.31 Å².